The van der Waals surface area contributed by atoms with Crippen LogP contribution in [-0.4, -0.2) is 31.7 Å². The Morgan fingerprint density at radius 1 is 1.07 bits per heavy atom. The number of nitrogens with one attached hydrogen (secondary N) is 1. The summed E-state index contributed by atoms with van der Waals surface area (Å²) in [6.45, 7) is 2.49. The lowest BCUT2D eigenvalue weighted by Gasteiger charge is -2.31. The van der Waals surface area contributed by atoms with E-state index in [9.17, 15) is 17.6 Å². The van der Waals surface area contributed by atoms with E-state index < -0.39 is 10.0 Å². The molecule has 1 N–H and O–H groups in total. The molecular formula is C20H23FN2O3S. The highest BCUT2D eigenvalue weighted by molar-refractivity contribution is 7.89. The van der Waals surface area contributed by atoms with Crippen LogP contribution in [0.3, 0.4) is 0 Å². The number of sulfonamides is 1. The lowest BCUT2D eigenvalue weighted by Crippen LogP contribution is -2.43. The summed E-state index contributed by atoms with van der Waals surface area (Å²) in [7, 11) is -3.52. The number of benzene rings is 2. The van der Waals surface area contributed by atoms with Crippen molar-refractivity contribution in [3.8, 4) is 0 Å². The molecule has 2 aromatic rings. The fourth-order valence-electron chi connectivity index (χ4n) is 3.27. The molecule has 3 rings (SSSR count). The maximum absolute atomic E-state index is 13.0. The SMILES string of the molecule is C[C@H](NC(=O)C1CCN(S(=O)(=O)c2ccccc2)CC1)c1ccc(F)cc1. The molecular weight excluding hydrogens is 367 g/mol. The topological polar surface area (TPSA) is 66.5 Å². The Kier molecular flexibility index (Phi) is 5.92. The Morgan fingerprint density at radius 2 is 1.67 bits per heavy atom. The largest absolute Gasteiger partial charge is 0.349 e. The average Bonchev–Trinajstić information content (AvgIpc) is 2.69. The molecule has 0 aromatic heterocycles. The molecule has 0 saturated carbocycles. The summed E-state index contributed by atoms with van der Waals surface area (Å²) >= 11 is 0. The van der Waals surface area contributed by atoms with Crippen LogP contribution >= 0.6 is 0 Å². The Morgan fingerprint density at radius 3 is 2.26 bits per heavy atom. The number of nitrogens with zero attached hydrogens (tertiary/aromatic N) is 1. The van der Waals surface area contributed by atoms with E-state index in [1.54, 1.807) is 42.5 Å². The van der Waals surface area contributed by atoms with Crippen LogP contribution < -0.4 is 5.32 Å². The van der Waals surface area contributed by atoms with Gasteiger partial charge in [-0.2, -0.15) is 4.31 Å². The molecule has 1 aliphatic rings. The Bertz CT molecular complexity index is 877. The fraction of sp³-hybridized carbons (Fsp3) is 0.350. The van der Waals surface area contributed by atoms with Gasteiger partial charge < -0.3 is 5.32 Å². The minimum Gasteiger partial charge on any atom is -0.349 e. The second-order valence-electron chi connectivity index (χ2n) is 6.77. The molecule has 1 aliphatic heterocycles. The van der Waals surface area contributed by atoms with Gasteiger partial charge in [0.1, 0.15) is 5.82 Å². The fourth-order valence-corrected chi connectivity index (χ4v) is 4.76. The second kappa shape index (κ2) is 8.19. The summed E-state index contributed by atoms with van der Waals surface area (Å²) in [6.07, 6.45) is 0.960. The monoisotopic (exact) mass is 390 g/mol. The quantitative estimate of drug-likeness (QED) is 0.853. The molecule has 1 atom stereocenters. The highest BCUT2D eigenvalue weighted by Crippen LogP contribution is 2.24. The Balaban J connectivity index is 1.57. The first-order valence-electron chi connectivity index (χ1n) is 8.99. The average molecular weight is 390 g/mol. The third-order valence-electron chi connectivity index (χ3n) is 4.93. The third-order valence-corrected chi connectivity index (χ3v) is 6.85. The van der Waals surface area contributed by atoms with Gasteiger partial charge in [-0.15, -0.1) is 0 Å². The van der Waals surface area contributed by atoms with Crippen LogP contribution in [0.2, 0.25) is 0 Å². The van der Waals surface area contributed by atoms with Gasteiger partial charge in [-0.25, -0.2) is 12.8 Å². The van der Waals surface area contributed by atoms with E-state index in [4.69, 9.17) is 0 Å². The van der Waals surface area contributed by atoms with Gasteiger partial charge in [0.25, 0.3) is 0 Å². The number of piperidine rings is 1. The normalized spacial score (nSPS) is 17.4. The molecule has 5 nitrogen and oxygen atoms in total. The minimum atomic E-state index is -3.52. The summed E-state index contributed by atoms with van der Waals surface area (Å²) < 4.78 is 39.8. The predicted molar refractivity (Wildman–Crippen MR) is 101 cm³/mol. The summed E-state index contributed by atoms with van der Waals surface area (Å²) in [4.78, 5) is 12.8. The van der Waals surface area contributed by atoms with Crippen LogP contribution in [0.5, 0.6) is 0 Å². The number of carbonyl (C=O) groups is 1. The lowest BCUT2D eigenvalue weighted by molar-refractivity contribution is -0.126. The molecule has 0 radical (unpaired) electrons. The molecule has 7 heteroatoms. The van der Waals surface area contributed by atoms with Crippen molar-refractivity contribution in [2.75, 3.05) is 13.1 Å². The molecule has 0 aliphatic carbocycles. The highest BCUT2D eigenvalue weighted by Gasteiger charge is 2.32. The molecule has 2 aromatic carbocycles. The molecule has 0 unspecified atom stereocenters. The van der Waals surface area contributed by atoms with Gasteiger partial charge in [0.2, 0.25) is 15.9 Å². The van der Waals surface area contributed by atoms with Gasteiger partial charge in [0.15, 0.2) is 0 Å². The maximum atomic E-state index is 13.0. The lowest BCUT2D eigenvalue weighted by atomic mass is 9.96. The summed E-state index contributed by atoms with van der Waals surface area (Å²) in [6, 6.07) is 14.1. The molecule has 0 spiro atoms. The number of hydrogen-bond donors (Lipinski definition) is 1. The van der Waals surface area contributed by atoms with E-state index in [2.05, 4.69) is 5.32 Å². The zero-order chi connectivity index (χ0) is 19.4. The van der Waals surface area contributed by atoms with E-state index in [0.717, 1.165) is 5.56 Å². The van der Waals surface area contributed by atoms with E-state index in [1.807, 2.05) is 6.92 Å². The molecule has 1 fully saturated rings. The van der Waals surface area contributed by atoms with Gasteiger partial charge in [-0.05, 0) is 49.6 Å². The smallest absolute Gasteiger partial charge is 0.243 e. The Hall–Kier alpha value is -2.25. The van der Waals surface area contributed by atoms with Crippen molar-refractivity contribution >= 4 is 15.9 Å². The zero-order valence-corrected chi connectivity index (χ0v) is 16.0. The highest BCUT2D eigenvalue weighted by atomic mass is 32.2. The van der Waals surface area contributed by atoms with Crippen molar-refractivity contribution in [2.24, 2.45) is 5.92 Å². The Labute approximate surface area is 159 Å². The van der Waals surface area contributed by atoms with Crippen LogP contribution in [0.1, 0.15) is 31.4 Å². The van der Waals surface area contributed by atoms with Gasteiger partial charge in [-0.1, -0.05) is 30.3 Å². The molecule has 27 heavy (non-hydrogen) atoms. The third kappa shape index (κ3) is 4.54. The number of halogens is 1. The van der Waals surface area contributed by atoms with Crippen molar-refractivity contribution in [3.63, 3.8) is 0 Å². The maximum Gasteiger partial charge on any atom is 0.243 e. The van der Waals surface area contributed by atoms with E-state index in [-0.39, 0.29) is 28.6 Å². The molecule has 1 amide bonds. The first-order valence-corrected chi connectivity index (χ1v) is 10.4. The van der Waals surface area contributed by atoms with E-state index >= 15 is 0 Å². The molecule has 1 saturated heterocycles. The van der Waals surface area contributed by atoms with Crippen LogP contribution in [0, 0.1) is 11.7 Å². The number of amides is 1. The molecule has 1 heterocycles. The first-order chi connectivity index (χ1) is 12.9. The summed E-state index contributed by atoms with van der Waals surface area (Å²) in [5.74, 6) is -0.636. The standard InChI is InChI=1S/C20H23FN2O3S/c1-15(16-7-9-18(21)10-8-16)22-20(24)17-11-13-23(14-12-17)27(25,26)19-5-3-2-4-6-19/h2-10,15,17H,11-14H2,1H3,(H,22,24)/t15-/m0/s1. The number of hydrogen-bond acceptors (Lipinski definition) is 3. The predicted octanol–water partition coefficient (Wildman–Crippen LogP) is 3.10. The van der Waals surface area contributed by atoms with Crippen LogP contribution in [0.15, 0.2) is 59.5 Å². The number of rotatable bonds is 5. The summed E-state index contributed by atoms with van der Waals surface area (Å²) in [5.41, 5.74) is 0.828. The van der Waals surface area contributed by atoms with E-state index in [0.29, 0.717) is 25.9 Å². The van der Waals surface area contributed by atoms with Crippen molar-refractivity contribution in [1.29, 1.82) is 0 Å². The summed E-state index contributed by atoms with van der Waals surface area (Å²) in [5, 5.41) is 2.94. The van der Waals surface area contributed by atoms with Gasteiger partial charge in [0.05, 0.1) is 10.9 Å². The van der Waals surface area contributed by atoms with E-state index in [1.165, 1.54) is 16.4 Å². The molecule has 0 bridgehead atoms. The van der Waals surface area contributed by atoms with Gasteiger partial charge >= 0.3 is 0 Å². The van der Waals surface area contributed by atoms with Gasteiger partial charge in [-0.3, -0.25) is 4.79 Å². The second-order valence-corrected chi connectivity index (χ2v) is 8.71. The van der Waals surface area contributed by atoms with Crippen LogP contribution in [0.4, 0.5) is 4.39 Å². The molecule has 144 valence electrons. The van der Waals surface area contributed by atoms with Crippen molar-refractivity contribution in [3.05, 3.63) is 66.0 Å². The van der Waals surface area contributed by atoms with Crippen molar-refractivity contribution in [2.45, 2.75) is 30.7 Å². The number of carbonyl (C=O) groups excluding carboxylic acids is 1. The van der Waals surface area contributed by atoms with Crippen LogP contribution in [-0.2, 0) is 14.8 Å². The first kappa shape index (κ1) is 19.5. The van der Waals surface area contributed by atoms with Crippen LogP contribution in [0.25, 0.3) is 0 Å². The zero-order valence-electron chi connectivity index (χ0n) is 15.1. The van der Waals surface area contributed by atoms with Gasteiger partial charge in [0, 0.05) is 19.0 Å². The van der Waals surface area contributed by atoms with Crippen molar-refractivity contribution < 1.29 is 17.6 Å². The minimum absolute atomic E-state index is 0.0939. The van der Waals surface area contributed by atoms with Crippen molar-refractivity contribution in [1.82, 2.24) is 9.62 Å².